The third-order valence-corrected chi connectivity index (χ3v) is 8.23. The van der Waals surface area contributed by atoms with Crippen molar-refractivity contribution in [3.05, 3.63) is 85.8 Å². The molecule has 0 saturated heterocycles. The molecular formula is C30H33N3O4S. The molecule has 0 fully saturated rings. The Bertz CT molecular complexity index is 1520. The van der Waals surface area contributed by atoms with E-state index in [1.165, 1.54) is 28.5 Å². The Morgan fingerprint density at radius 2 is 1.84 bits per heavy atom. The second-order valence-corrected chi connectivity index (χ2v) is 11.8. The zero-order valence-corrected chi connectivity index (χ0v) is 23.5. The van der Waals surface area contributed by atoms with Gasteiger partial charge in [0.1, 0.15) is 17.3 Å². The zero-order valence-electron chi connectivity index (χ0n) is 22.7. The summed E-state index contributed by atoms with van der Waals surface area (Å²) in [5.74, 6) is 1.77. The van der Waals surface area contributed by atoms with Crippen LogP contribution >= 0.6 is 11.8 Å². The van der Waals surface area contributed by atoms with Gasteiger partial charge in [0.15, 0.2) is 10.9 Å². The maximum atomic E-state index is 13.7. The first kappa shape index (κ1) is 26.1. The minimum absolute atomic E-state index is 0.0250. The number of aryl methyl sites for hydroxylation is 2. The molecule has 2 heterocycles. The number of hydrogen-bond acceptors (Lipinski definition) is 7. The van der Waals surface area contributed by atoms with E-state index >= 15 is 0 Å². The van der Waals surface area contributed by atoms with Crippen molar-refractivity contribution < 1.29 is 14.3 Å². The lowest BCUT2D eigenvalue weighted by atomic mass is 9.69. The second-order valence-electron chi connectivity index (χ2n) is 10.9. The van der Waals surface area contributed by atoms with Gasteiger partial charge in [-0.2, -0.15) is 0 Å². The van der Waals surface area contributed by atoms with Crippen molar-refractivity contribution >= 4 is 23.4 Å². The Labute approximate surface area is 227 Å². The number of aromatic nitrogens is 2. The van der Waals surface area contributed by atoms with Gasteiger partial charge in [0.2, 0.25) is 0 Å². The molecule has 1 aromatic heterocycles. The van der Waals surface area contributed by atoms with Crippen LogP contribution in [-0.2, 0) is 10.5 Å². The van der Waals surface area contributed by atoms with Crippen LogP contribution in [0, 0.1) is 19.3 Å². The van der Waals surface area contributed by atoms with E-state index in [2.05, 4.69) is 56.2 Å². The Balaban J connectivity index is 1.63. The molecule has 0 spiro atoms. The highest BCUT2D eigenvalue weighted by atomic mass is 32.2. The van der Waals surface area contributed by atoms with Crippen molar-refractivity contribution in [1.82, 2.24) is 9.97 Å². The number of carbonyl (C=O) groups excluding carboxylic acids is 1. The summed E-state index contributed by atoms with van der Waals surface area (Å²) in [5, 5.41) is 3.92. The number of thioether (sulfide) groups is 1. The number of H-pyrrole nitrogens is 1. The number of benzene rings is 2. The van der Waals surface area contributed by atoms with E-state index in [4.69, 9.17) is 14.5 Å². The van der Waals surface area contributed by atoms with Gasteiger partial charge < -0.3 is 19.8 Å². The highest BCUT2D eigenvalue weighted by Crippen LogP contribution is 2.49. The predicted molar refractivity (Wildman–Crippen MR) is 150 cm³/mol. The second kappa shape index (κ2) is 9.98. The number of methoxy groups -OCH3 is 2. The highest BCUT2D eigenvalue weighted by molar-refractivity contribution is 7.98. The molecule has 0 amide bonds. The first-order chi connectivity index (χ1) is 18.1. The molecular weight excluding hydrogens is 498 g/mol. The summed E-state index contributed by atoms with van der Waals surface area (Å²) in [7, 11) is 3.18. The van der Waals surface area contributed by atoms with Gasteiger partial charge >= 0.3 is 0 Å². The number of ketones is 1. The molecule has 1 atom stereocenters. The summed E-state index contributed by atoms with van der Waals surface area (Å²) in [6.45, 7) is 8.34. The number of aromatic amines is 1. The van der Waals surface area contributed by atoms with Crippen molar-refractivity contribution in [1.29, 1.82) is 0 Å². The molecule has 198 valence electrons. The van der Waals surface area contributed by atoms with Gasteiger partial charge in [0, 0.05) is 29.0 Å². The van der Waals surface area contributed by atoms with Crippen LogP contribution in [0.15, 0.2) is 57.6 Å². The molecule has 38 heavy (non-hydrogen) atoms. The number of anilines is 1. The molecule has 8 heteroatoms. The molecule has 1 aliphatic heterocycles. The van der Waals surface area contributed by atoms with E-state index in [9.17, 15) is 9.59 Å². The lowest BCUT2D eigenvalue weighted by Gasteiger charge is -2.38. The first-order valence-corrected chi connectivity index (χ1v) is 13.7. The van der Waals surface area contributed by atoms with E-state index in [1.807, 2.05) is 12.1 Å². The van der Waals surface area contributed by atoms with Crippen LogP contribution in [0.3, 0.4) is 0 Å². The summed E-state index contributed by atoms with van der Waals surface area (Å²) in [6, 6.07) is 11.8. The minimum Gasteiger partial charge on any atom is -0.497 e. The number of carbonyl (C=O) groups is 1. The van der Waals surface area contributed by atoms with Gasteiger partial charge in [-0.1, -0.05) is 49.4 Å². The summed E-state index contributed by atoms with van der Waals surface area (Å²) in [4.78, 5) is 35.1. The standard InChI is InChI=1S/C30H33N3O4S/c1-16-7-8-18(17(2)11-16)15-38-29-32-27-26(28(35)33-29)24(20-12-19(36-5)9-10-23(20)37-6)25-21(31-27)13-30(3,4)14-22(25)34/h7-12,24H,13-15H2,1-6H3,(H2,31,32,33,35)/t24-/m0/s1. The molecule has 2 aromatic carbocycles. The van der Waals surface area contributed by atoms with Crippen LogP contribution in [0.1, 0.15) is 60.4 Å². The SMILES string of the molecule is COc1ccc(OC)c([C@H]2C3=C(CC(C)(C)CC3=O)Nc3nc(SCc4ccc(C)cc4C)[nH]c(=O)c32)c1. The topological polar surface area (TPSA) is 93.3 Å². The Hall–Kier alpha value is -3.52. The van der Waals surface area contributed by atoms with Crippen molar-refractivity contribution in [3.63, 3.8) is 0 Å². The van der Waals surface area contributed by atoms with Gasteiger partial charge in [-0.25, -0.2) is 4.98 Å². The normalized spacial score (nSPS) is 17.9. The van der Waals surface area contributed by atoms with Crippen LogP contribution in [0.25, 0.3) is 0 Å². The third-order valence-electron chi connectivity index (χ3n) is 7.31. The molecule has 0 bridgehead atoms. The van der Waals surface area contributed by atoms with Crippen molar-refractivity contribution in [2.24, 2.45) is 5.41 Å². The summed E-state index contributed by atoms with van der Waals surface area (Å²) >= 11 is 1.49. The Kier molecular flexibility index (Phi) is 6.86. The van der Waals surface area contributed by atoms with Gasteiger partial charge in [0.05, 0.1) is 25.7 Å². The number of hydrogen-bond donors (Lipinski definition) is 2. The quantitative estimate of drug-likeness (QED) is 0.302. The number of fused-ring (bicyclic) bond motifs is 1. The van der Waals surface area contributed by atoms with Crippen LogP contribution in [-0.4, -0.2) is 30.0 Å². The molecule has 5 rings (SSSR count). The lowest BCUT2D eigenvalue weighted by molar-refractivity contribution is -0.118. The number of rotatable bonds is 6. The molecule has 2 aliphatic rings. The summed E-state index contributed by atoms with van der Waals surface area (Å²) in [6.07, 6.45) is 1.08. The van der Waals surface area contributed by atoms with Crippen molar-refractivity contribution in [2.75, 3.05) is 19.5 Å². The number of nitrogens with zero attached hydrogens (tertiary/aromatic N) is 1. The maximum absolute atomic E-state index is 13.7. The molecule has 0 radical (unpaired) electrons. The lowest BCUT2D eigenvalue weighted by Crippen LogP contribution is -2.37. The fourth-order valence-corrected chi connectivity index (χ4v) is 6.43. The monoisotopic (exact) mass is 531 g/mol. The average molecular weight is 532 g/mol. The smallest absolute Gasteiger partial charge is 0.257 e. The molecule has 0 unspecified atom stereocenters. The zero-order chi connectivity index (χ0) is 27.2. The molecule has 1 aliphatic carbocycles. The largest absolute Gasteiger partial charge is 0.497 e. The Morgan fingerprint density at radius 3 is 2.55 bits per heavy atom. The minimum atomic E-state index is -0.621. The van der Waals surface area contributed by atoms with Gasteiger partial charge in [-0.3, -0.25) is 9.59 Å². The van der Waals surface area contributed by atoms with E-state index in [0.29, 0.717) is 57.8 Å². The molecule has 7 nitrogen and oxygen atoms in total. The molecule has 3 aromatic rings. The first-order valence-electron chi connectivity index (χ1n) is 12.7. The van der Waals surface area contributed by atoms with Crippen LogP contribution in [0.2, 0.25) is 0 Å². The van der Waals surface area contributed by atoms with E-state index in [1.54, 1.807) is 20.3 Å². The number of allylic oxidation sites excluding steroid dienone is 2. The molecule has 0 saturated carbocycles. The van der Waals surface area contributed by atoms with Crippen molar-refractivity contribution in [3.8, 4) is 11.5 Å². The fraction of sp³-hybridized carbons (Fsp3) is 0.367. The summed E-state index contributed by atoms with van der Waals surface area (Å²) in [5.41, 5.74) is 5.68. The average Bonchev–Trinajstić information content (AvgIpc) is 2.85. The van der Waals surface area contributed by atoms with E-state index in [-0.39, 0.29) is 16.8 Å². The van der Waals surface area contributed by atoms with Gasteiger partial charge in [-0.05, 0) is 55.0 Å². The van der Waals surface area contributed by atoms with E-state index in [0.717, 1.165) is 5.70 Å². The maximum Gasteiger partial charge on any atom is 0.257 e. The highest BCUT2D eigenvalue weighted by Gasteiger charge is 2.43. The number of Topliss-reactive ketones (excluding diaryl/α,β-unsaturated/α-hetero) is 1. The van der Waals surface area contributed by atoms with E-state index < -0.39 is 5.92 Å². The van der Waals surface area contributed by atoms with Crippen LogP contribution in [0.5, 0.6) is 11.5 Å². The van der Waals surface area contributed by atoms with Crippen molar-refractivity contribution in [2.45, 2.75) is 57.4 Å². The number of ether oxygens (including phenoxy) is 2. The fourth-order valence-electron chi connectivity index (χ4n) is 5.49. The number of nitrogens with one attached hydrogen (secondary N) is 2. The predicted octanol–water partition coefficient (Wildman–Crippen LogP) is 5.90. The van der Waals surface area contributed by atoms with Gasteiger partial charge in [0.25, 0.3) is 5.56 Å². The molecule has 2 N–H and O–H groups in total. The summed E-state index contributed by atoms with van der Waals surface area (Å²) < 4.78 is 11.2. The van der Waals surface area contributed by atoms with Crippen LogP contribution < -0.4 is 20.3 Å². The Morgan fingerprint density at radius 1 is 1.05 bits per heavy atom. The third kappa shape index (κ3) is 4.85. The van der Waals surface area contributed by atoms with Gasteiger partial charge in [-0.15, -0.1) is 0 Å². The van der Waals surface area contributed by atoms with Crippen LogP contribution in [0.4, 0.5) is 5.82 Å².